The number of ether oxygens (including phenoxy) is 1. The molecule has 2 aromatic heterocycles. The number of hydrogen-bond donors (Lipinski definition) is 4. The fraction of sp³-hybridized carbons (Fsp3) is 0.250. The summed E-state index contributed by atoms with van der Waals surface area (Å²) in [7, 11) is 1.61. The molecule has 170 valence electrons. The number of aromatic nitrogens is 3. The van der Waals surface area contributed by atoms with Crippen molar-refractivity contribution in [3.8, 4) is 11.6 Å². The maximum absolute atomic E-state index is 13.2. The van der Waals surface area contributed by atoms with E-state index in [2.05, 4.69) is 15.3 Å². The van der Waals surface area contributed by atoms with Crippen LogP contribution in [-0.4, -0.2) is 33.3 Å². The van der Waals surface area contributed by atoms with Gasteiger partial charge in [-0.1, -0.05) is 12.1 Å². The van der Waals surface area contributed by atoms with Crippen LogP contribution in [0.2, 0.25) is 0 Å². The molecule has 0 amide bonds. The summed E-state index contributed by atoms with van der Waals surface area (Å²) >= 11 is 0. The molecule has 1 aliphatic rings. The van der Waals surface area contributed by atoms with Crippen LogP contribution in [0.25, 0.3) is 10.9 Å². The van der Waals surface area contributed by atoms with E-state index in [4.69, 9.17) is 4.74 Å². The standard InChI is InChI=1S/C24H23FN4O4/c1-33-15-6-7-18-17(12-15)16-8-10-26-21(20(16)27-18)19-22(30)28-24(32)29(23(19)31)11-9-13-2-4-14(25)5-3-13/h2-7,12,21,26-27,31H,8-11H2,1H3,(H,28,30,32)/t21-/m1/s1. The minimum absolute atomic E-state index is 0.0770. The van der Waals surface area contributed by atoms with E-state index in [-0.39, 0.29) is 23.8 Å². The van der Waals surface area contributed by atoms with Crippen LogP contribution < -0.4 is 21.3 Å². The normalized spacial score (nSPS) is 15.5. The smallest absolute Gasteiger partial charge is 0.331 e. The Hall–Kier alpha value is -3.85. The number of hydrogen-bond acceptors (Lipinski definition) is 5. The number of nitrogens with zero attached hydrogens (tertiary/aromatic N) is 1. The SMILES string of the molecule is COc1ccc2[nH]c3c(c2c1)CCN[C@@H]3c1c(O)n(CCc2ccc(F)cc2)c(=O)[nH]c1=O. The molecule has 1 aliphatic heterocycles. The Morgan fingerprint density at radius 3 is 2.70 bits per heavy atom. The van der Waals surface area contributed by atoms with Crippen LogP contribution in [0.15, 0.2) is 52.1 Å². The van der Waals surface area contributed by atoms with Gasteiger partial charge in [0, 0.05) is 29.7 Å². The van der Waals surface area contributed by atoms with Crippen LogP contribution in [-0.2, 0) is 19.4 Å². The molecule has 5 rings (SSSR count). The lowest BCUT2D eigenvalue weighted by molar-refractivity contribution is 0.382. The summed E-state index contributed by atoms with van der Waals surface area (Å²) in [6, 6.07) is 11.0. The second-order valence-electron chi connectivity index (χ2n) is 8.09. The monoisotopic (exact) mass is 450 g/mol. The van der Waals surface area contributed by atoms with Crippen LogP contribution in [0.5, 0.6) is 11.6 Å². The molecule has 3 heterocycles. The Morgan fingerprint density at radius 2 is 1.94 bits per heavy atom. The Bertz CT molecular complexity index is 1450. The Kier molecular flexibility index (Phi) is 5.26. The fourth-order valence-corrected chi connectivity index (χ4v) is 4.52. The molecule has 0 fully saturated rings. The van der Waals surface area contributed by atoms with E-state index < -0.39 is 17.3 Å². The Balaban J connectivity index is 1.56. The molecule has 0 unspecified atom stereocenters. The third-order valence-corrected chi connectivity index (χ3v) is 6.19. The van der Waals surface area contributed by atoms with Gasteiger partial charge >= 0.3 is 5.69 Å². The average molecular weight is 450 g/mol. The van der Waals surface area contributed by atoms with Crippen molar-refractivity contribution in [2.45, 2.75) is 25.4 Å². The molecule has 0 saturated carbocycles. The van der Waals surface area contributed by atoms with Crippen molar-refractivity contribution in [3.05, 3.63) is 91.5 Å². The van der Waals surface area contributed by atoms with E-state index in [1.165, 1.54) is 12.1 Å². The van der Waals surface area contributed by atoms with Gasteiger partial charge in [-0.3, -0.25) is 14.3 Å². The zero-order valence-corrected chi connectivity index (χ0v) is 17.9. The highest BCUT2D eigenvalue weighted by atomic mass is 19.1. The second kappa shape index (κ2) is 8.25. The first-order valence-electron chi connectivity index (χ1n) is 10.7. The van der Waals surface area contributed by atoms with Crippen molar-refractivity contribution in [1.82, 2.24) is 19.9 Å². The minimum Gasteiger partial charge on any atom is -0.497 e. The third kappa shape index (κ3) is 3.70. The van der Waals surface area contributed by atoms with Crippen molar-refractivity contribution < 1.29 is 14.2 Å². The number of H-pyrrole nitrogens is 2. The molecule has 0 saturated heterocycles. The van der Waals surface area contributed by atoms with Crippen LogP contribution >= 0.6 is 0 Å². The van der Waals surface area contributed by atoms with E-state index in [0.717, 1.165) is 44.5 Å². The van der Waals surface area contributed by atoms with Crippen molar-refractivity contribution >= 4 is 10.9 Å². The van der Waals surface area contributed by atoms with Gasteiger partial charge in [0.1, 0.15) is 17.1 Å². The van der Waals surface area contributed by atoms with Crippen molar-refractivity contribution in [1.29, 1.82) is 0 Å². The third-order valence-electron chi connectivity index (χ3n) is 6.19. The number of methoxy groups -OCH3 is 1. The van der Waals surface area contributed by atoms with Crippen molar-refractivity contribution in [2.75, 3.05) is 13.7 Å². The number of rotatable bonds is 5. The lowest BCUT2D eigenvalue weighted by Gasteiger charge is -2.25. The number of halogens is 1. The van der Waals surface area contributed by atoms with Gasteiger partial charge < -0.3 is 20.1 Å². The molecule has 1 atom stereocenters. The molecule has 33 heavy (non-hydrogen) atoms. The van der Waals surface area contributed by atoms with Crippen LogP contribution in [0, 0.1) is 5.82 Å². The lowest BCUT2D eigenvalue weighted by Crippen LogP contribution is -2.39. The maximum atomic E-state index is 13.2. The Morgan fingerprint density at radius 1 is 1.15 bits per heavy atom. The van der Waals surface area contributed by atoms with Gasteiger partial charge in [0.2, 0.25) is 5.88 Å². The van der Waals surface area contributed by atoms with E-state index in [0.29, 0.717) is 13.0 Å². The molecule has 2 aromatic carbocycles. The molecule has 0 spiro atoms. The topological polar surface area (TPSA) is 112 Å². The summed E-state index contributed by atoms with van der Waals surface area (Å²) in [5.41, 5.74) is 2.25. The number of benzene rings is 2. The molecule has 4 aromatic rings. The summed E-state index contributed by atoms with van der Waals surface area (Å²) in [6.07, 6.45) is 1.12. The second-order valence-corrected chi connectivity index (χ2v) is 8.09. The predicted octanol–water partition coefficient (Wildman–Crippen LogP) is 2.35. The van der Waals surface area contributed by atoms with Gasteiger partial charge in [-0.05, 0) is 54.3 Å². The molecule has 4 N–H and O–H groups in total. The minimum atomic E-state index is -0.694. The van der Waals surface area contributed by atoms with Gasteiger partial charge in [-0.15, -0.1) is 0 Å². The van der Waals surface area contributed by atoms with Crippen LogP contribution in [0.4, 0.5) is 4.39 Å². The van der Waals surface area contributed by atoms with Crippen molar-refractivity contribution in [2.24, 2.45) is 0 Å². The van der Waals surface area contributed by atoms with E-state index in [1.54, 1.807) is 19.2 Å². The highest BCUT2D eigenvalue weighted by Crippen LogP contribution is 2.36. The lowest BCUT2D eigenvalue weighted by atomic mass is 9.95. The summed E-state index contributed by atoms with van der Waals surface area (Å²) in [5.74, 6) is 0.00194. The highest BCUT2D eigenvalue weighted by Gasteiger charge is 2.31. The zero-order chi connectivity index (χ0) is 23.1. The quantitative estimate of drug-likeness (QED) is 0.373. The number of fused-ring (bicyclic) bond motifs is 3. The fourth-order valence-electron chi connectivity index (χ4n) is 4.52. The first kappa shape index (κ1) is 21.0. The zero-order valence-electron chi connectivity index (χ0n) is 17.9. The van der Waals surface area contributed by atoms with E-state index >= 15 is 0 Å². The molecule has 0 aliphatic carbocycles. The number of aryl methyl sites for hydroxylation is 1. The van der Waals surface area contributed by atoms with Gasteiger partial charge in [-0.25, -0.2) is 9.18 Å². The van der Waals surface area contributed by atoms with Gasteiger partial charge in [0.15, 0.2) is 0 Å². The van der Waals surface area contributed by atoms with Gasteiger partial charge in [0.25, 0.3) is 5.56 Å². The largest absolute Gasteiger partial charge is 0.497 e. The van der Waals surface area contributed by atoms with E-state index in [9.17, 15) is 19.1 Å². The number of nitrogens with one attached hydrogen (secondary N) is 3. The summed E-state index contributed by atoms with van der Waals surface area (Å²) < 4.78 is 19.7. The average Bonchev–Trinajstić information content (AvgIpc) is 3.18. The summed E-state index contributed by atoms with van der Waals surface area (Å²) in [6.45, 7) is 0.721. The molecule has 8 nitrogen and oxygen atoms in total. The Labute approximate surface area is 187 Å². The molecular formula is C24H23FN4O4. The van der Waals surface area contributed by atoms with Crippen molar-refractivity contribution in [3.63, 3.8) is 0 Å². The van der Waals surface area contributed by atoms with Gasteiger partial charge in [-0.2, -0.15) is 0 Å². The van der Waals surface area contributed by atoms with Crippen LogP contribution in [0.1, 0.15) is 28.4 Å². The molecule has 0 bridgehead atoms. The molecule has 0 radical (unpaired) electrons. The molecule has 9 heteroatoms. The maximum Gasteiger partial charge on any atom is 0.331 e. The predicted molar refractivity (Wildman–Crippen MR) is 121 cm³/mol. The molecular weight excluding hydrogens is 427 g/mol. The first-order chi connectivity index (χ1) is 16.0. The number of aromatic hydroxyl groups is 1. The summed E-state index contributed by atoms with van der Waals surface area (Å²) in [4.78, 5) is 31.0. The van der Waals surface area contributed by atoms with E-state index in [1.807, 2.05) is 18.2 Å². The van der Waals surface area contributed by atoms with Crippen LogP contribution in [0.3, 0.4) is 0 Å². The highest BCUT2D eigenvalue weighted by molar-refractivity contribution is 5.86. The first-order valence-corrected chi connectivity index (χ1v) is 10.7. The van der Waals surface area contributed by atoms with Gasteiger partial charge in [0.05, 0.1) is 13.2 Å². The number of aromatic amines is 2. The summed E-state index contributed by atoms with van der Waals surface area (Å²) in [5, 5.41) is 15.3.